The summed E-state index contributed by atoms with van der Waals surface area (Å²) in [4.78, 5) is 15.9. The summed E-state index contributed by atoms with van der Waals surface area (Å²) in [5.74, 6) is 0.160. The van der Waals surface area contributed by atoms with Crippen LogP contribution in [-0.2, 0) is 11.8 Å². The van der Waals surface area contributed by atoms with E-state index in [0.717, 1.165) is 72.8 Å². The van der Waals surface area contributed by atoms with Gasteiger partial charge in [-0.3, -0.25) is 4.79 Å². The number of hydrogen-bond acceptors (Lipinski definition) is 6. The first kappa shape index (κ1) is 21.4. The first-order valence-electron chi connectivity index (χ1n) is 12.3. The molecule has 34 heavy (non-hydrogen) atoms. The molecule has 6 rings (SSSR count). The summed E-state index contributed by atoms with van der Waals surface area (Å²) in [5, 5.41) is 25.3. The van der Waals surface area contributed by atoms with Gasteiger partial charge in [0.05, 0.1) is 17.3 Å². The number of Topliss-reactive ketones (excluding diaryl/α,β-unsaturated/α-hetero) is 1. The van der Waals surface area contributed by atoms with Gasteiger partial charge >= 0.3 is 0 Å². The van der Waals surface area contributed by atoms with Gasteiger partial charge in [0.15, 0.2) is 5.78 Å². The number of carbonyl (C=O) groups is 1. The Bertz CT molecular complexity index is 1270. The van der Waals surface area contributed by atoms with Crippen LogP contribution < -0.4 is 4.90 Å². The second kappa shape index (κ2) is 7.69. The number of carbonyl (C=O) groups excluding carboxylic acids is 1. The van der Waals surface area contributed by atoms with Crippen LogP contribution in [0.4, 0.5) is 5.69 Å². The lowest BCUT2D eigenvalue weighted by atomic mass is 9.68. The zero-order valence-corrected chi connectivity index (χ0v) is 19.9. The van der Waals surface area contributed by atoms with Crippen molar-refractivity contribution in [2.75, 3.05) is 44.2 Å². The smallest absolute Gasteiger partial charge is 0.194 e. The van der Waals surface area contributed by atoms with E-state index in [1.165, 1.54) is 12.8 Å². The second-order valence-corrected chi connectivity index (χ2v) is 10.5. The molecule has 2 saturated heterocycles. The van der Waals surface area contributed by atoms with Crippen molar-refractivity contribution in [3.8, 4) is 11.8 Å². The van der Waals surface area contributed by atoms with Crippen molar-refractivity contribution in [3.63, 3.8) is 0 Å². The first-order valence-corrected chi connectivity index (χ1v) is 12.3. The van der Waals surface area contributed by atoms with E-state index in [0.29, 0.717) is 17.5 Å². The highest BCUT2D eigenvalue weighted by atomic mass is 16.3. The monoisotopic (exact) mass is 454 g/mol. The lowest BCUT2D eigenvalue weighted by Gasteiger charge is -2.41. The van der Waals surface area contributed by atoms with Crippen LogP contribution in [0.25, 0.3) is 5.57 Å². The zero-order valence-electron chi connectivity index (χ0n) is 19.9. The number of phenols is 1. The highest BCUT2D eigenvalue weighted by Crippen LogP contribution is 2.51. The summed E-state index contributed by atoms with van der Waals surface area (Å²) < 4.78 is 0. The Balaban J connectivity index is 1.33. The predicted octanol–water partition coefficient (Wildman–Crippen LogP) is 3.88. The molecule has 6 heteroatoms. The summed E-state index contributed by atoms with van der Waals surface area (Å²) in [6.45, 7) is 10.3. The van der Waals surface area contributed by atoms with E-state index in [2.05, 4.69) is 40.9 Å². The minimum Gasteiger partial charge on any atom is -0.506 e. The number of ketones is 1. The quantitative estimate of drug-likeness (QED) is 0.743. The number of aromatic hydroxyl groups is 1. The molecule has 1 N–H and O–H groups in total. The van der Waals surface area contributed by atoms with Crippen molar-refractivity contribution in [3.05, 3.63) is 63.7 Å². The van der Waals surface area contributed by atoms with E-state index in [9.17, 15) is 15.2 Å². The lowest BCUT2D eigenvalue weighted by Crippen LogP contribution is -2.53. The molecule has 6 nitrogen and oxygen atoms in total. The van der Waals surface area contributed by atoms with Crippen molar-refractivity contribution in [2.45, 2.75) is 38.5 Å². The summed E-state index contributed by atoms with van der Waals surface area (Å²) >= 11 is 0. The fourth-order valence-electron chi connectivity index (χ4n) is 6.32. The Morgan fingerprint density at radius 3 is 2.35 bits per heavy atom. The molecule has 2 aromatic carbocycles. The number of phenolic OH excluding ortho intramolecular Hbond substituents is 1. The normalized spacial score (nSPS) is 21.9. The molecule has 0 radical (unpaired) electrons. The number of hydrogen-bond donors (Lipinski definition) is 1. The van der Waals surface area contributed by atoms with Crippen LogP contribution in [0.3, 0.4) is 0 Å². The van der Waals surface area contributed by atoms with Gasteiger partial charge in [-0.1, -0.05) is 19.9 Å². The standard InChI is InChI=1S/C28H30N4O2/c1-28(2)22-16-24(30-9-11-32(12-10-30)31-7-3-4-8-31)25(33)15-21(22)27(34)26-20-6-5-18(17-29)13-19(20)14-23(26)28/h5-6,13,15-16,33H,3-4,7-12,14H2,1-2H3. The van der Waals surface area contributed by atoms with E-state index < -0.39 is 0 Å². The maximum Gasteiger partial charge on any atom is 0.194 e. The van der Waals surface area contributed by atoms with Crippen LogP contribution in [0.5, 0.6) is 5.75 Å². The van der Waals surface area contributed by atoms with Crippen molar-refractivity contribution in [1.29, 1.82) is 5.26 Å². The molecular formula is C28H30N4O2. The molecule has 2 aliphatic carbocycles. The van der Waals surface area contributed by atoms with Crippen LogP contribution in [0.1, 0.15) is 59.3 Å². The van der Waals surface area contributed by atoms with Crippen molar-refractivity contribution >= 4 is 17.0 Å². The number of nitriles is 1. The molecule has 0 atom stereocenters. The first-order chi connectivity index (χ1) is 16.4. The maximum atomic E-state index is 13.7. The van der Waals surface area contributed by atoms with E-state index in [-0.39, 0.29) is 16.9 Å². The molecule has 2 heterocycles. The van der Waals surface area contributed by atoms with E-state index in [1.54, 1.807) is 12.1 Å². The molecule has 0 aromatic heterocycles. The van der Waals surface area contributed by atoms with Crippen LogP contribution in [0.2, 0.25) is 0 Å². The van der Waals surface area contributed by atoms with E-state index in [4.69, 9.17) is 0 Å². The third-order valence-corrected chi connectivity index (χ3v) is 8.27. The van der Waals surface area contributed by atoms with Crippen molar-refractivity contribution < 1.29 is 9.90 Å². The van der Waals surface area contributed by atoms with Gasteiger partial charge in [-0.05, 0) is 65.8 Å². The molecule has 2 aromatic rings. The van der Waals surface area contributed by atoms with Gasteiger partial charge < -0.3 is 10.0 Å². The Hall–Kier alpha value is -3.14. The van der Waals surface area contributed by atoms with Gasteiger partial charge in [-0.25, -0.2) is 10.0 Å². The van der Waals surface area contributed by atoms with Gasteiger partial charge in [0, 0.05) is 55.8 Å². The third-order valence-electron chi connectivity index (χ3n) is 8.27. The van der Waals surface area contributed by atoms with Crippen LogP contribution in [0, 0.1) is 11.3 Å². The molecule has 0 bridgehead atoms. The number of allylic oxidation sites excluding steroid dienone is 2. The maximum absolute atomic E-state index is 13.7. The summed E-state index contributed by atoms with van der Waals surface area (Å²) in [6, 6.07) is 11.6. The number of piperazine rings is 1. The Kier molecular flexibility index (Phi) is 4.84. The number of hydrazine groups is 1. The second-order valence-electron chi connectivity index (χ2n) is 10.5. The van der Waals surface area contributed by atoms with Gasteiger partial charge in [0.2, 0.25) is 0 Å². The number of rotatable bonds is 2. The van der Waals surface area contributed by atoms with Gasteiger partial charge in [0.25, 0.3) is 0 Å². The van der Waals surface area contributed by atoms with Gasteiger partial charge in [0.1, 0.15) is 5.75 Å². The fraction of sp³-hybridized carbons (Fsp3) is 0.429. The van der Waals surface area contributed by atoms with Crippen molar-refractivity contribution in [1.82, 2.24) is 10.0 Å². The Morgan fingerprint density at radius 2 is 1.65 bits per heavy atom. The molecule has 0 amide bonds. The van der Waals surface area contributed by atoms with Gasteiger partial charge in [-0.2, -0.15) is 5.26 Å². The minimum absolute atomic E-state index is 0.0199. The minimum atomic E-state index is -0.343. The zero-order chi connectivity index (χ0) is 23.6. The largest absolute Gasteiger partial charge is 0.506 e. The number of anilines is 1. The summed E-state index contributed by atoms with van der Waals surface area (Å²) in [7, 11) is 0. The fourth-order valence-corrected chi connectivity index (χ4v) is 6.32. The molecule has 0 spiro atoms. The van der Waals surface area contributed by atoms with E-state index >= 15 is 0 Å². The van der Waals surface area contributed by atoms with Gasteiger partial charge in [-0.15, -0.1) is 0 Å². The molecule has 2 aliphatic heterocycles. The number of benzene rings is 2. The average molecular weight is 455 g/mol. The molecule has 0 saturated carbocycles. The number of fused-ring (bicyclic) bond motifs is 3. The highest BCUT2D eigenvalue weighted by molar-refractivity contribution is 6.33. The summed E-state index contributed by atoms with van der Waals surface area (Å²) in [6.07, 6.45) is 3.23. The number of nitrogens with zero attached hydrogens (tertiary/aromatic N) is 4. The SMILES string of the molecule is CC1(C)C2=C(C(=O)c3cc(O)c(N4CCN(N5CCCC5)CC4)cc31)c1ccc(C#N)cc1C2. The average Bonchev–Trinajstić information content (AvgIpc) is 3.51. The van der Waals surface area contributed by atoms with Crippen molar-refractivity contribution in [2.24, 2.45) is 0 Å². The van der Waals surface area contributed by atoms with Crippen LogP contribution in [0.15, 0.2) is 35.9 Å². The molecule has 174 valence electrons. The Labute approximate surface area is 200 Å². The molecule has 0 unspecified atom stereocenters. The topological polar surface area (TPSA) is 70.8 Å². The summed E-state index contributed by atoms with van der Waals surface area (Å²) in [5.41, 5.74) is 6.53. The van der Waals surface area contributed by atoms with Crippen LogP contribution in [-0.4, -0.2) is 60.2 Å². The Morgan fingerprint density at radius 1 is 0.941 bits per heavy atom. The predicted molar refractivity (Wildman–Crippen MR) is 132 cm³/mol. The highest BCUT2D eigenvalue weighted by Gasteiger charge is 2.43. The molecular weight excluding hydrogens is 424 g/mol. The lowest BCUT2D eigenvalue weighted by molar-refractivity contribution is -0.00763. The molecule has 2 fully saturated rings. The third kappa shape index (κ3) is 3.11. The molecule has 4 aliphatic rings. The van der Waals surface area contributed by atoms with E-state index in [1.807, 2.05) is 12.1 Å². The van der Waals surface area contributed by atoms with Crippen LogP contribution >= 0.6 is 0 Å².